The van der Waals surface area contributed by atoms with Crippen LogP contribution in [-0.4, -0.2) is 24.3 Å². The summed E-state index contributed by atoms with van der Waals surface area (Å²) in [6.45, 7) is 3.52. The van der Waals surface area contributed by atoms with Crippen LogP contribution in [0.5, 0.6) is 0 Å². The van der Waals surface area contributed by atoms with Gasteiger partial charge in [-0.25, -0.2) is 4.79 Å². The molecule has 1 atom stereocenters. The number of carbonyl (C=O) groups excluding carboxylic acids is 1. The van der Waals surface area contributed by atoms with Gasteiger partial charge in [-0.15, -0.1) is 0 Å². The molecule has 1 N–H and O–H groups in total. The Morgan fingerprint density at radius 1 is 1.67 bits per heavy atom. The van der Waals surface area contributed by atoms with Crippen LogP contribution >= 0.6 is 0 Å². The van der Waals surface area contributed by atoms with Gasteiger partial charge in [-0.05, 0) is 19.4 Å². The summed E-state index contributed by atoms with van der Waals surface area (Å²) in [7, 11) is 1.24. The fourth-order valence-electron chi connectivity index (χ4n) is 0.450. The second kappa shape index (κ2) is 5.39. The molecule has 3 heteroatoms. The summed E-state index contributed by atoms with van der Waals surface area (Å²) >= 11 is 0. The van der Waals surface area contributed by atoms with Crippen molar-refractivity contribution in [1.82, 2.24) is 0 Å². The van der Waals surface area contributed by atoms with Crippen LogP contribution in [0.1, 0.15) is 13.8 Å². The summed E-state index contributed by atoms with van der Waals surface area (Å²) < 4.78 is 4.27. The van der Waals surface area contributed by atoms with Crippen molar-refractivity contribution >= 4 is 5.97 Å². The first-order chi connectivity index (χ1) is 5.61. The van der Waals surface area contributed by atoms with Crippen molar-refractivity contribution in [3.63, 3.8) is 0 Å². The van der Waals surface area contributed by atoms with Gasteiger partial charge in [-0.1, -0.05) is 12.0 Å². The topological polar surface area (TPSA) is 46.5 Å². The fraction of sp³-hybridized carbons (Fsp3) is 0.444. The maximum atomic E-state index is 10.5. The van der Waals surface area contributed by atoms with Crippen molar-refractivity contribution in [2.45, 2.75) is 20.0 Å². The smallest absolute Gasteiger partial charge is 0.384 e. The number of aliphatic hydroxyl groups is 1. The van der Waals surface area contributed by atoms with Gasteiger partial charge >= 0.3 is 5.97 Å². The molecule has 0 aromatic heterocycles. The van der Waals surface area contributed by atoms with E-state index in [-0.39, 0.29) is 0 Å². The maximum Gasteiger partial charge on any atom is 0.384 e. The van der Waals surface area contributed by atoms with E-state index in [1.807, 2.05) is 0 Å². The molecule has 0 heterocycles. The lowest BCUT2D eigenvalue weighted by Crippen LogP contribution is -2.05. The molecule has 0 aromatic carbocycles. The first kappa shape index (κ1) is 10.7. The number of carbonyl (C=O) groups is 1. The Morgan fingerprint density at radius 3 is 2.67 bits per heavy atom. The van der Waals surface area contributed by atoms with Crippen molar-refractivity contribution in [3.8, 4) is 11.8 Å². The lowest BCUT2D eigenvalue weighted by Gasteiger charge is -2.00. The molecule has 0 aliphatic rings. The molecule has 0 fully saturated rings. The van der Waals surface area contributed by atoms with E-state index in [1.54, 1.807) is 19.9 Å². The Balaban J connectivity index is 4.22. The zero-order chi connectivity index (χ0) is 9.56. The second-order valence-electron chi connectivity index (χ2n) is 2.20. The zero-order valence-corrected chi connectivity index (χ0v) is 7.42. The number of allylic oxidation sites excluding steroid dienone is 1. The van der Waals surface area contributed by atoms with E-state index in [4.69, 9.17) is 0 Å². The standard InChI is InChI=1S/C9H12O3/c1-4-7(2)8(10)5-6-9(11)12-3/h4,8,10H,1-3H3/b7-4+/t8-/m0/s1. The van der Waals surface area contributed by atoms with Crippen LogP contribution in [-0.2, 0) is 9.53 Å². The van der Waals surface area contributed by atoms with E-state index in [2.05, 4.69) is 16.6 Å². The Kier molecular flexibility index (Phi) is 4.82. The lowest BCUT2D eigenvalue weighted by atomic mass is 10.2. The number of hydrogen-bond acceptors (Lipinski definition) is 3. The molecule has 12 heavy (non-hydrogen) atoms. The van der Waals surface area contributed by atoms with Crippen LogP contribution in [0, 0.1) is 11.8 Å². The predicted molar refractivity (Wildman–Crippen MR) is 45.2 cm³/mol. The maximum absolute atomic E-state index is 10.5. The third-order valence-corrected chi connectivity index (χ3v) is 1.38. The molecule has 0 amide bonds. The number of aliphatic hydroxyl groups excluding tert-OH is 1. The first-order valence-corrected chi connectivity index (χ1v) is 3.52. The number of methoxy groups -OCH3 is 1. The molecule has 0 aliphatic heterocycles. The van der Waals surface area contributed by atoms with E-state index >= 15 is 0 Å². The molecular weight excluding hydrogens is 156 g/mol. The minimum Gasteiger partial charge on any atom is -0.459 e. The predicted octanol–water partition coefficient (Wildman–Crippen LogP) is 0.490. The van der Waals surface area contributed by atoms with Gasteiger partial charge in [0.25, 0.3) is 0 Å². The number of rotatable bonds is 1. The van der Waals surface area contributed by atoms with Crippen molar-refractivity contribution < 1.29 is 14.6 Å². The largest absolute Gasteiger partial charge is 0.459 e. The van der Waals surface area contributed by atoms with Crippen LogP contribution in [0.2, 0.25) is 0 Å². The molecule has 0 aromatic rings. The van der Waals surface area contributed by atoms with Gasteiger partial charge in [0.1, 0.15) is 6.10 Å². The highest BCUT2D eigenvalue weighted by molar-refractivity contribution is 5.88. The van der Waals surface area contributed by atoms with Crippen molar-refractivity contribution in [3.05, 3.63) is 11.6 Å². The van der Waals surface area contributed by atoms with E-state index < -0.39 is 12.1 Å². The van der Waals surface area contributed by atoms with Gasteiger partial charge in [0.2, 0.25) is 0 Å². The monoisotopic (exact) mass is 168 g/mol. The van der Waals surface area contributed by atoms with Crippen molar-refractivity contribution in [2.24, 2.45) is 0 Å². The molecule has 0 rings (SSSR count). The third-order valence-electron chi connectivity index (χ3n) is 1.38. The van der Waals surface area contributed by atoms with Gasteiger partial charge in [-0.2, -0.15) is 0 Å². The average molecular weight is 168 g/mol. The van der Waals surface area contributed by atoms with Crippen LogP contribution in [0.15, 0.2) is 11.6 Å². The van der Waals surface area contributed by atoms with E-state index in [9.17, 15) is 9.90 Å². The molecule has 3 nitrogen and oxygen atoms in total. The summed E-state index contributed by atoms with van der Waals surface area (Å²) in [6, 6.07) is 0. The quantitative estimate of drug-likeness (QED) is 0.268. The summed E-state index contributed by atoms with van der Waals surface area (Å²) in [6.07, 6.45) is 0.852. The normalized spacial score (nSPS) is 12.8. The Labute approximate surface area is 72.0 Å². The highest BCUT2D eigenvalue weighted by atomic mass is 16.5. The van der Waals surface area contributed by atoms with Crippen molar-refractivity contribution in [2.75, 3.05) is 7.11 Å². The molecule has 0 saturated heterocycles. The minimum atomic E-state index is -0.880. The Morgan fingerprint density at radius 2 is 2.25 bits per heavy atom. The summed E-state index contributed by atoms with van der Waals surface area (Å²) in [4.78, 5) is 10.5. The van der Waals surface area contributed by atoms with Gasteiger partial charge in [0.05, 0.1) is 7.11 Å². The third kappa shape index (κ3) is 3.79. The number of hydrogen-bond donors (Lipinski definition) is 1. The Hall–Kier alpha value is -1.27. The van der Waals surface area contributed by atoms with Crippen LogP contribution in [0.25, 0.3) is 0 Å². The van der Waals surface area contributed by atoms with Crippen LogP contribution in [0.4, 0.5) is 0 Å². The van der Waals surface area contributed by atoms with Gasteiger partial charge in [-0.3, -0.25) is 0 Å². The van der Waals surface area contributed by atoms with Crippen LogP contribution < -0.4 is 0 Å². The highest BCUT2D eigenvalue weighted by Crippen LogP contribution is 1.98. The van der Waals surface area contributed by atoms with Gasteiger partial charge < -0.3 is 9.84 Å². The molecule has 0 unspecified atom stereocenters. The zero-order valence-electron chi connectivity index (χ0n) is 7.42. The molecule has 66 valence electrons. The number of esters is 1. The van der Waals surface area contributed by atoms with Crippen molar-refractivity contribution in [1.29, 1.82) is 0 Å². The molecule has 0 aliphatic carbocycles. The number of ether oxygens (including phenoxy) is 1. The Bertz CT molecular complexity index is 242. The SMILES string of the molecule is C/C=C(\C)[C@@H](O)C#CC(=O)OC. The van der Waals surface area contributed by atoms with Gasteiger partial charge in [0.15, 0.2) is 0 Å². The van der Waals surface area contributed by atoms with E-state index in [0.29, 0.717) is 5.57 Å². The summed E-state index contributed by atoms with van der Waals surface area (Å²) in [5.41, 5.74) is 0.714. The minimum absolute atomic E-state index is 0.641. The lowest BCUT2D eigenvalue weighted by molar-refractivity contribution is -0.133. The molecule has 0 spiro atoms. The first-order valence-electron chi connectivity index (χ1n) is 3.52. The van der Waals surface area contributed by atoms with Crippen LogP contribution in [0.3, 0.4) is 0 Å². The molecule has 0 radical (unpaired) electrons. The average Bonchev–Trinajstić information content (AvgIpc) is 2.11. The summed E-state index contributed by atoms with van der Waals surface area (Å²) in [5, 5.41) is 9.21. The van der Waals surface area contributed by atoms with E-state index in [0.717, 1.165) is 0 Å². The van der Waals surface area contributed by atoms with Gasteiger partial charge in [0, 0.05) is 5.92 Å². The molecule has 0 saturated carbocycles. The van der Waals surface area contributed by atoms with E-state index in [1.165, 1.54) is 7.11 Å². The highest BCUT2D eigenvalue weighted by Gasteiger charge is 2.00. The fourth-order valence-corrected chi connectivity index (χ4v) is 0.450. The second-order valence-corrected chi connectivity index (χ2v) is 2.20. The summed E-state index contributed by atoms with van der Waals surface area (Å²) in [5.74, 6) is 3.85. The molecular formula is C9H12O3. The molecule has 0 bridgehead atoms.